The van der Waals surface area contributed by atoms with Crippen LogP contribution in [0.3, 0.4) is 0 Å². The van der Waals surface area contributed by atoms with E-state index in [0.717, 1.165) is 16.3 Å². The average molecular weight is 272 g/mol. The first-order valence-electron chi connectivity index (χ1n) is 6.14. The number of nitrogens with zero attached hydrogens (tertiary/aromatic N) is 2. The van der Waals surface area contributed by atoms with Crippen LogP contribution in [0.25, 0.3) is 11.3 Å². The Labute approximate surface area is 117 Å². The molecule has 2 rings (SSSR count). The summed E-state index contributed by atoms with van der Waals surface area (Å²) in [7, 11) is 1.72. The van der Waals surface area contributed by atoms with E-state index in [2.05, 4.69) is 24.9 Å². The minimum absolute atomic E-state index is 0.0390. The topological polar surface area (TPSA) is 45.9 Å². The molecule has 1 unspecified atom stereocenters. The van der Waals surface area contributed by atoms with E-state index in [1.807, 2.05) is 29.6 Å². The predicted molar refractivity (Wildman–Crippen MR) is 76.9 cm³/mol. The van der Waals surface area contributed by atoms with Gasteiger partial charge in [-0.25, -0.2) is 4.98 Å². The standard InChI is InChI=1S/C15H16N2OS/c1-10(2)14(18-3)15-17-13(9-19-15)12-6-4-11(8-16)5-7-12/h4-7,9-10,14H,1-3H3. The van der Waals surface area contributed by atoms with Crippen molar-refractivity contribution >= 4 is 11.3 Å². The lowest BCUT2D eigenvalue weighted by Gasteiger charge is -2.15. The number of thiazole rings is 1. The molecule has 0 aliphatic carbocycles. The summed E-state index contributed by atoms with van der Waals surface area (Å²) in [5, 5.41) is 11.8. The van der Waals surface area contributed by atoms with Gasteiger partial charge in [-0.1, -0.05) is 26.0 Å². The molecule has 0 saturated carbocycles. The first-order valence-corrected chi connectivity index (χ1v) is 7.02. The van der Waals surface area contributed by atoms with Crippen LogP contribution in [0.15, 0.2) is 29.6 Å². The van der Waals surface area contributed by atoms with Crippen molar-refractivity contribution in [2.45, 2.75) is 20.0 Å². The lowest BCUT2D eigenvalue weighted by Crippen LogP contribution is -2.08. The Bertz CT molecular complexity index is 581. The molecule has 1 atom stereocenters. The zero-order valence-electron chi connectivity index (χ0n) is 11.3. The summed E-state index contributed by atoms with van der Waals surface area (Å²) in [5.74, 6) is 0.393. The number of methoxy groups -OCH3 is 1. The minimum Gasteiger partial charge on any atom is -0.374 e. The van der Waals surface area contributed by atoms with Crippen molar-refractivity contribution in [2.24, 2.45) is 5.92 Å². The van der Waals surface area contributed by atoms with Crippen LogP contribution in [0, 0.1) is 17.2 Å². The largest absolute Gasteiger partial charge is 0.374 e. The summed E-state index contributed by atoms with van der Waals surface area (Å²) in [5.41, 5.74) is 2.63. The van der Waals surface area contributed by atoms with E-state index in [-0.39, 0.29) is 6.10 Å². The highest BCUT2D eigenvalue weighted by molar-refractivity contribution is 7.10. The fourth-order valence-electron chi connectivity index (χ4n) is 1.92. The third-order valence-electron chi connectivity index (χ3n) is 2.93. The highest BCUT2D eigenvalue weighted by Crippen LogP contribution is 2.31. The fourth-order valence-corrected chi connectivity index (χ4v) is 3.00. The summed E-state index contributed by atoms with van der Waals surface area (Å²) in [6, 6.07) is 9.59. The Kier molecular flexibility index (Phi) is 4.31. The predicted octanol–water partition coefficient (Wildman–Crippen LogP) is 4.03. The smallest absolute Gasteiger partial charge is 0.122 e. The van der Waals surface area contributed by atoms with Gasteiger partial charge in [0.1, 0.15) is 11.1 Å². The first kappa shape index (κ1) is 13.7. The zero-order valence-corrected chi connectivity index (χ0v) is 12.1. The highest BCUT2D eigenvalue weighted by Gasteiger charge is 2.19. The molecule has 0 radical (unpaired) electrons. The van der Waals surface area contributed by atoms with E-state index >= 15 is 0 Å². The van der Waals surface area contributed by atoms with E-state index in [0.29, 0.717) is 11.5 Å². The molecule has 0 amide bonds. The number of nitriles is 1. The molecule has 0 N–H and O–H groups in total. The molecule has 1 aromatic heterocycles. The van der Waals surface area contributed by atoms with Crippen molar-refractivity contribution in [3.8, 4) is 17.3 Å². The molecule has 0 bridgehead atoms. The second-order valence-corrected chi connectivity index (χ2v) is 5.55. The van der Waals surface area contributed by atoms with Crippen molar-refractivity contribution in [1.29, 1.82) is 5.26 Å². The Morgan fingerprint density at radius 3 is 2.47 bits per heavy atom. The van der Waals surface area contributed by atoms with Gasteiger partial charge >= 0.3 is 0 Å². The molecular weight excluding hydrogens is 256 g/mol. The summed E-state index contributed by atoms with van der Waals surface area (Å²) in [6.07, 6.45) is 0.0390. The van der Waals surface area contributed by atoms with Crippen LogP contribution in [0.2, 0.25) is 0 Å². The summed E-state index contributed by atoms with van der Waals surface area (Å²) in [4.78, 5) is 4.64. The molecular formula is C15H16N2OS. The molecule has 1 aromatic carbocycles. The van der Waals surface area contributed by atoms with Gasteiger partial charge in [-0.05, 0) is 18.1 Å². The third-order valence-corrected chi connectivity index (χ3v) is 3.84. The van der Waals surface area contributed by atoms with Crippen molar-refractivity contribution in [2.75, 3.05) is 7.11 Å². The summed E-state index contributed by atoms with van der Waals surface area (Å²) in [6.45, 7) is 4.24. The Balaban J connectivity index is 2.27. The van der Waals surface area contributed by atoms with E-state index in [1.54, 1.807) is 18.4 Å². The third kappa shape index (κ3) is 3.01. The number of hydrogen-bond acceptors (Lipinski definition) is 4. The lowest BCUT2D eigenvalue weighted by molar-refractivity contribution is 0.0645. The maximum absolute atomic E-state index is 8.79. The van der Waals surface area contributed by atoms with Crippen molar-refractivity contribution in [3.05, 3.63) is 40.2 Å². The number of aromatic nitrogens is 1. The summed E-state index contributed by atoms with van der Waals surface area (Å²) < 4.78 is 5.49. The Morgan fingerprint density at radius 2 is 1.95 bits per heavy atom. The molecule has 98 valence electrons. The Hall–Kier alpha value is -1.70. The second-order valence-electron chi connectivity index (χ2n) is 4.66. The van der Waals surface area contributed by atoms with Gasteiger partial charge in [0.05, 0.1) is 17.3 Å². The molecule has 0 aliphatic heterocycles. The van der Waals surface area contributed by atoms with Gasteiger partial charge in [0.15, 0.2) is 0 Å². The van der Waals surface area contributed by atoms with Gasteiger partial charge in [-0.3, -0.25) is 0 Å². The van der Waals surface area contributed by atoms with Crippen LogP contribution in [0.1, 0.15) is 30.5 Å². The van der Waals surface area contributed by atoms with E-state index in [9.17, 15) is 0 Å². The van der Waals surface area contributed by atoms with Gasteiger partial charge in [0.25, 0.3) is 0 Å². The molecule has 1 heterocycles. The minimum atomic E-state index is 0.0390. The van der Waals surface area contributed by atoms with Gasteiger partial charge in [0, 0.05) is 18.1 Å². The van der Waals surface area contributed by atoms with Crippen molar-refractivity contribution in [1.82, 2.24) is 4.98 Å². The molecule has 3 nitrogen and oxygen atoms in total. The molecule has 0 fully saturated rings. The maximum Gasteiger partial charge on any atom is 0.122 e. The fraction of sp³-hybridized carbons (Fsp3) is 0.333. The molecule has 4 heteroatoms. The van der Waals surface area contributed by atoms with Gasteiger partial charge < -0.3 is 4.74 Å². The second kappa shape index (κ2) is 5.96. The van der Waals surface area contributed by atoms with Crippen LogP contribution < -0.4 is 0 Å². The van der Waals surface area contributed by atoms with Crippen LogP contribution in [-0.4, -0.2) is 12.1 Å². The normalized spacial score (nSPS) is 12.4. The van der Waals surface area contributed by atoms with Crippen molar-refractivity contribution in [3.63, 3.8) is 0 Å². The van der Waals surface area contributed by atoms with Gasteiger partial charge in [0.2, 0.25) is 0 Å². The average Bonchev–Trinajstić information content (AvgIpc) is 2.89. The number of benzene rings is 1. The quantitative estimate of drug-likeness (QED) is 0.844. The zero-order chi connectivity index (χ0) is 13.8. The van der Waals surface area contributed by atoms with Gasteiger partial charge in [-0.15, -0.1) is 11.3 Å². The monoisotopic (exact) mass is 272 g/mol. The SMILES string of the molecule is COC(c1nc(-c2ccc(C#N)cc2)cs1)C(C)C. The Morgan fingerprint density at radius 1 is 1.26 bits per heavy atom. The van der Waals surface area contributed by atoms with E-state index < -0.39 is 0 Å². The first-order chi connectivity index (χ1) is 9.15. The maximum atomic E-state index is 8.79. The van der Waals surface area contributed by atoms with Crippen LogP contribution in [-0.2, 0) is 4.74 Å². The lowest BCUT2D eigenvalue weighted by atomic mass is 10.1. The van der Waals surface area contributed by atoms with Crippen LogP contribution >= 0.6 is 11.3 Å². The van der Waals surface area contributed by atoms with E-state index in [4.69, 9.17) is 10.00 Å². The molecule has 19 heavy (non-hydrogen) atoms. The molecule has 0 aliphatic rings. The van der Waals surface area contributed by atoms with Crippen LogP contribution in [0.5, 0.6) is 0 Å². The molecule has 2 aromatic rings. The van der Waals surface area contributed by atoms with Gasteiger partial charge in [-0.2, -0.15) is 5.26 Å². The molecule has 0 saturated heterocycles. The number of hydrogen-bond donors (Lipinski definition) is 0. The number of ether oxygens (including phenoxy) is 1. The number of rotatable bonds is 4. The van der Waals surface area contributed by atoms with Crippen LogP contribution in [0.4, 0.5) is 0 Å². The highest BCUT2D eigenvalue weighted by atomic mass is 32.1. The summed E-state index contributed by atoms with van der Waals surface area (Å²) >= 11 is 1.61. The van der Waals surface area contributed by atoms with E-state index in [1.165, 1.54) is 0 Å². The van der Waals surface area contributed by atoms with Crippen molar-refractivity contribution < 1.29 is 4.74 Å². The molecule has 0 spiro atoms.